The van der Waals surface area contributed by atoms with Gasteiger partial charge in [-0.1, -0.05) is 18.2 Å². The summed E-state index contributed by atoms with van der Waals surface area (Å²) in [6.45, 7) is 0.677. The van der Waals surface area contributed by atoms with Gasteiger partial charge in [-0.25, -0.2) is 4.79 Å². The van der Waals surface area contributed by atoms with Gasteiger partial charge in [-0.05, 0) is 12.1 Å². The van der Waals surface area contributed by atoms with Gasteiger partial charge in [0.25, 0.3) is 11.8 Å². The highest BCUT2D eigenvalue weighted by Crippen LogP contribution is 2.25. The number of likely N-dealkylation sites (N-methyl/N-ethyl adjacent to an activating group) is 1. The molecule has 1 saturated heterocycles. The summed E-state index contributed by atoms with van der Waals surface area (Å²) < 4.78 is 5.37. The number of aliphatic carboxylic acids is 1. The molecule has 3 rings (SSSR count). The zero-order valence-corrected chi connectivity index (χ0v) is 14.3. The Balaban J connectivity index is 1.78. The molecule has 2 heterocycles. The van der Waals surface area contributed by atoms with E-state index in [0.29, 0.717) is 12.2 Å². The first-order valence-electron chi connectivity index (χ1n) is 8.28. The minimum atomic E-state index is -1.05. The van der Waals surface area contributed by atoms with Crippen LogP contribution in [-0.2, 0) is 19.1 Å². The molecule has 138 valence electrons. The Morgan fingerprint density at radius 1 is 1.27 bits per heavy atom. The number of carboxylic acid groups (broad SMARTS) is 1. The molecule has 0 radical (unpaired) electrons. The maximum Gasteiger partial charge on any atom is 0.328 e. The molecule has 0 aromatic heterocycles. The van der Waals surface area contributed by atoms with Crippen molar-refractivity contribution in [2.45, 2.75) is 18.6 Å². The molecular formula is C17H20N4O5. The fourth-order valence-corrected chi connectivity index (χ4v) is 2.99. The number of carbonyl (C=O) groups is 3. The number of rotatable bonds is 4. The Morgan fingerprint density at radius 2 is 2.00 bits per heavy atom. The molecule has 9 heteroatoms. The lowest BCUT2D eigenvalue weighted by Gasteiger charge is -2.31. The molecule has 0 aliphatic carbocycles. The van der Waals surface area contributed by atoms with Crippen LogP contribution in [-0.4, -0.2) is 72.4 Å². The van der Waals surface area contributed by atoms with E-state index in [1.165, 1.54) is 17.0 Å². The number of carboxylic acids is 1. The summed E-state index contributed by atoms with van der Waals surface area (Å²) in [7, 11) is 1.50. The summed E-state index contributed by atoms with van der Waals surface area (Å²) in [5.74, 6) is -1.72. The lowest BCUT2D eigenvalue weighted by atomic mass is 10.1. The molecule has 2 aliphatic rings. The van der Waals surface area contributed by atoms with Crippen molar-refractivity contribution < 1.29 is 24.2 Å². The number of para-hydroxylation sites is 1. The maximum atomic E-state index is 12.8. The lowest BCUT2D eigenvalue weighted by molar-refractivity contribution is -0.143. The molecule has 0 spiro atoms. The minimum absolute atomic E-state index is 0.00502. The second kappa shape index (κ2) is 7.52. The number of morpholine rings is 1. The van der Waals surface area contributed by atoms with Crippen molar-refractivity contribution in [2.24, 2.45) is 5.10 Å². The van der Waals surface area contributed by atoms with Crippen LogP contribution in [0.1, 0.15) is 6.42 Å². The number of hydrazone groups is 1. The van der Waals surface area contributed by atoms with Gasteiger partial charge in [-0.3, -0.25) is 14.6 Å². The first kappa shape index (κ1) is 17.9. The van der Waals surface area contributed by atoms with Gasteiger partial charge in [-0.2, -0.15) is 5.10 Å². The highest BCUT2D eigenvalue weighted by molar-refractivity contribution is 6.40. The summed E-state index contributed by atoms with van der Waals surface area (Å²) in [5.41, 5.74) is 0.770. The van der Waals surface area contributed by atoms with Crippen molar-refractivity contribution >= 4 is 29.2 Å². The van der Waals surface area contributed by atoms with Gasteiger partial charge in [0.05, 0.1) is 18.8 Å². The monoisotopic (exact) mass is 360 g/mol. The second-order valence-corrected chi connectivity index (χ2v) is 6.01. The first-order valence-corrected chi connectivity index (χ1v) is 8.28. The average Bonchev–Trinajstić information content (AvgIpc) is 3.13. The van der Waals surface area contributed by atoms with Gasteiger partial charge in [0.15, 0.2) is 12.1 Å². The van der Waals surface area contributed by atoms with E-state index in [2.05, 4.69) is 10.4 Å². The van der Waals surface area contributed by atoms with Crippen LogP contribution in [0.4, 0.5) is 5.69 Å². The third-order valence-corrected chi connectivity index (χ3v) is 4.36. The van der Waals surface area contributed by atoms with E-state index < -0.39 is 18.1 Å². The number of hydrogen-bond donors (Lipinski definition) is 2. The lowest BCUT2D eigenvalue weighted by Crippen LogP contribution is -2.52. The average molecular weight is 360 g/mol. The molecule has 1 fully saturated rings. The fraction of sp³-hybridized carbons (Fsp3) is 0.412. The van der Waals surface area contributed by atoms with E-state index in [1.54, 1.807) is 24.3 Å². The minimum Gasteiger partial charge on any atom is -0.480 e. The Hall–Kier alpha value is -2.94. The Kier molecular flexibility index (Phi) is 5.17. The number of hydrogen-bond acceptors (Lipinski definition) is 6. The van der Waals surface area contributed by atoms with Gasteiger partial charge < -0.3 is 20.1 Å². The molecule has 0 bridgehead atoms. The summed E-state index contributed by atoms with van der Waals surface area (Å²) in [5, 5.41) is 17.6. The number of benzene rings is 1. The molecule has 2 atom stereocenters. The first-order chi connectivity index (χ1) is 12.5. The Bertz CT molecular complexity index is 736. The fourth-order valence-electron chi connectivity index (χ4n) is 2.99. The van der Waals surface area contributed by atoms with Gasteiger partial charge in [0.1, 0.15) is 5.71 Å². The molecular weight excluding hydrogens is 340 g/mol. The smallest absolute Gasteiger partial charge is 0.328 e. The van der Waals surface area contributed by atoms with E-state index >= 15 is 0 Å². The molecule has 2 aliphatic heterocycles. The third-order valence-electron chi connectivity index (χ3n) is 4.36. The van der Waals surface area contributed by atoms with Crippen LogP contribution in [0.5, 0.6) is 0 Å². The topological polar surface area (TPSA) is 112 Å². The zero-order valence-electron chi connectivity index (χ0n) is 14.3. The summed E-state index contributed by atoms with van der Waals surface area (Å²) in [6.07, 6.45) is -0.731. The summed E-state index contributed by atoms with van der Waals surface area (Å²) >= 11 is 0. The normalized spacial score (nSPS) is 22.7. The van der Waals surface area contributed by atoms with Crippen LogP contribution in [0.15, 0.2) is 35.4 Å². The SMILES string of the molecule is CNC(=O)C1CN(C(=O)C2=NN(c3ccccc3)C(C(=O)O)C2)CCO1. The van der Waals surface area contributed by atoms with E-state index in [9.17, 15) is 19.5 Å². The van der Waals surface area contributed by atoms with E-state index in [-0.39, 0.29) is 37.1 Å². The molecule has 2 N–H and O–H groups in total. The van der Waals surface area contributed by atoms with E-state index in [0.717, 1.165) is 0 Å². The van der Waals surface area contributed by atoms with Crippen molar-refractivity contribution in [2.75, 3.05) is 31.8 Å². The van der Waals surface area contributed by atoms with Crippen molar-refractivity contribution in [1.82, 2.24) is 10.2 Å². The molecule has 26 heavy (non-hydrogen) atoms. The van der Waals surface area contributed by atoms with Crippen molar-refractivity contribution in [3.63, 3.8) is 0 Å². The van der Waals surface area contributed by atoms with Crippen LogP contribution >= 0.6 is 0 Å². The highest BCUT2D eigenvalue weighted by atomic mass is 16.5. The summed E-state index contributed by atoms with van der Waals surface area (Å²) in [6, 6.07) is 7.91. The van der Waals surface area contributed by atoms with Crippen LogP contribution in [0.2, 0.25) is 0 Å². The number of nitrogens with zero attached hydrogens (tertiary/aromatic N) is 3. The van der Waals surface area contributed by atoms with Crippen LogP contribution in [0.3, 0.4) is 0 Å². The van der Waals surface area contributed by atoms with Gasteiger partial charge in [0.2, 0.25) is 0 Å². The highest BCUT2D eigenvalue weighted by Gasteiger charge is 2.39. The van der Waals surface area contributed by atoms with E-state index in [1.807, 2.05) is 6.07 Å². The third kappa shape index (κ3) is 3.52. The Labute approximate surface area is 150 Å². The van der Waals surface area contributed by atoms with Crippen molar-refractivity contribution in [1.29, 1.82) is 0 Å². The molecule has 1 aromatic rings. The molecule has 9 nitrogen and oxygen atoms in total. The predicted molar refractivity (Wildman–Crippen MR) is 92.8 cm³/mol. The number of anilines is 1. The standard InChI is InChI=1S/C17H20N4O5/c1-18-15(22)14-10-20(7-8-26-14)16(23)12-9-13(17(24)25)21(19-12)11-5-3-2-4-6-11/h2-6,13-14H,7-10H2,1H3,(H,18,22)(H,24,25). The van der Waals surface area contributed by atoms with Crippen LogP contribution in [0, 0.1) is 0 Å². The molecule has 2 unspecified atom stereocenters. The molecule has 1 aromatic carbocycles. The largest absolute Gasteiger partial charge is 0.480 e. The maximum absolute atomic E-state index is 12.8. The zero-order chi connectivity index (χ0) is 18.7. The van der Waals surface area contributed by atoms with Crippen molar-refractivity contribution in [3.8, 4) is 0 Å². The van der Waals surface area contributed by atoms with Gasteiger partial charge in [0, 0.05) is 20.0 Å². The van der Waals surface area contributed by atoms with Crippen LogP contribution < -0.4 is 10.3 Å². The number of carbonyl (C=O) groups excluding carboxylic acids is 2. The predicted octanol–water partition coefficient (Wildman–Crippen LogP) is -0.321. The number of ether oxygens (including phenoxy) is 1. The van der Waals surface area contributed by atoms with Gasteiger partial charge >= 0.3 is 5.97 Å². The molecule has 0 saturated carbocycles. The number of amides is 2. The van der Waals surface area contributed by atoms with Crippen LogP contribution in [0.25, 0.3) is 0 Å². The quantitative estimate of drug-likeness (QED) is 0.761. The Morgan fingerprint density at radius 3 is 2.65 bits per heavy atom. The molecule has 2 amide bonds. The van der Waals surface area contributed by atoms with Gasteiger partial charge in [-0.15, -0.1) is 0 Å². The van der Waals surface area contributed by atoms with E-state index in [4.69, 9.17) is 4.74 Å². The van der Waals surface area contributed by atoms with Crippen molar-refractivity contribution in [3.05, 3.63) is 30.3 Å². The second-order valence-electron chi connectivity index (χ2n) is 6.01. The summed E-state index contributed by atoms with van der Waals surface area (Å²) in [4.78, 5) is 37.6. The number of nitrogens with one attached hydrogen (secondary N) is 1.